The van der Waals surface area contributed by atoms with Gasteiger partial charge >= 0.3 is 0 Å². The Balaban J connectivity index is 3.32. The first-order valence-electron chi connectivity index (χ1n) is 3.80. The Kier molecular flexibility index (Phi) is 2.56. The van der Waals surface area contributed by atoms with Gasteiger partial charge in [-0.3, -0.25) is 3.97 Å². The van der Waals surface area contributed by atoms with E-state index < -0.39 is 10.0 Å². The van der Waals surface area contributed by atoms with Crippen LogP contribution in [0.15, 0.2) is 24.5 Å². The Hall–Kier alpha value is -1.10. The lowest BCUT2D eigenvalue weighted by atomic mass is 10.5. The van der Waals surface area contributed by atoms with E-state index in [0.717, 1.165) is 5.36 Å². The van der Waals surface area contributed by atoms with E-state index in [1.807, 2.05) is 18.7 Å². The second kappa shape index (κ2) is 3.33. The van der Waals surface area contributed by atoms with Crippen molar-refractivity contribution < 1.29 is 8.42 Å². The molecule has 0 aliphatic rings. The number of aromatic nitrogens is 1. The summed E-state index contributed by atoms with van der Waals surface area (Å²) in [4.78, 5) is 0. The molecule has 1 aromatic heterocycles. The highest BCUT2D eigenvalue weighted by molar-refractivity contribution is 7.89. The Bertz CT molecular complexity index is 447. The summed E-state index contributed by atoms with van der Waals surface area (Å²) in [6, 6.07) is 3.50. The molecule has 0 saturated carbocycles. The quantitative estimate of drug-likeness (QED) is 0.565. The van der Waals surface area contributed by atoms with Crippen molar-refractivity contribution in [3.8, 4) is 0 Å². The van der Waals surface area contributed by atoms with Crippen molar-refractivity contribution in [1.29, 1.82) is 0 Å². The summed E-state index contributed by atoms with van der Waals surface area (Å²) in [6.07, 6.45) is 4.23. The van der Waals surface area contributed by atoms with E-state index in [1.54, 1.807) is 12.1 Å². The van der Waals surface area contributed by atoms with E-state index >= 15 is 0 Å². The molecule has 0 spiro atoms. The normalized spacial score (nSPS) is 11.3. The highest BCUT2D eigenvalue weighted by atomic mass is 32.2. The SMILES string of the molecule is C[N+](C)=c1ccn(S(C)(=O)=O)cc1. The Morgan fingerprint density at radius 1 is 1.23 bits per heavy atom. The van der Waals surface area contributed by atoms with E-state index in [0.29, 0.717) is 0 Å². The van der Waals surface area contributed by atoms with E-state index in [-0.39, 0.29) is 0 Å². The summed E-state index contributed by atoms with van der Waals surface area (Å²) in [6.45, 7) is 0. The van der Waals surface area contributed by atoms with Crippen molar-refractivity contribution >= 4 is 10.0 Å². The average Bonchev–Trinajstić information content (AvgIpc) is 2.03. The van der Waals surface area contributed by atoms with Crippen LogP contribution < -0.4 is 9.93 Å². The monoisotopic (exact) mass is 201 g/mol. The molecular weight excluding hydrogens is 188 g/mol. The first-order valence-corrected chi connectivity index (χ1v) is 5.65. The van der Waals surface area contributed by atoms with E-state index in [9.17, 15) is 8.42 Å². The van der Waals surface area contributed by atoms with Gasteiger partial charge in [0.15, 0.2) is 0 Å². The molecule has 72 valence electrons. The topological polar surface area (TPSA) is 42.1 Å². The van der Waals surface area contributed by atoms with Crippen LogP contribution in [0, 0.1) is 0 Å². The lowest BCUT2D eigenvalue weighted by Crippen LogP contribution is -2.22. The van der Waals surface area contributed by atoms with Gasteiger partial charge in [-0.1, -0.05) is 0 Å². The zero-order valence-corrected chi connectivity index (χ0v) is 8.75. The minimum atomic E-state index is -3.15. The molecule has 1 rings (SSSR count). The Labute approximate surface area is 77.8 Å². The van der Waals surface area contributed by atoms with E-state index in [2.05, 4.69) is 0 Å². The first kappa shape index (κ1) is 9.98. The van der Waals surface area contributed by atoms with Crippen LogP contribution in [-0.4, -0.2) is 32.7 Å². The van der Waals surface area contributed by atoms with Crippen LogP contribution in [0.25, 0.3) is 0 Å². The predicted molar refractivity (Wildman–Crippen MR) is 51.8 cm³/mol. The second-order valence-electron chi connectivity index (χ2n) is 3.04. The third kappa shape index (κ3) is 2.42. The molecule has 0 atom stereocenters. The van der Waals surface area contributed by atoms with Gasteiger partial charge in [0.1, 0.15) is 14.1 Å². The van der Waals surface area contributed by atoms with Gasteiger partial charge in [0, 0.05) is 24.5 Å². The molecule has 0 unspecified atom stereocenters. The molecule has 0 amide bonds. The third-order valence-corrected chi connectivity index (χ3v) is 2.69. The minimum Gasteiger partial charge on any atom is -0.253 e. The zero-order chi connectivity index (χ0) is 10.1. The molecule has 4 nitrogen and oxygen atoms in total. The molecule has 1 aromatic rings. The summed E-state index contributed by atoms with van der Waals surface area (Å²) < 4.78 is 25.2. The number of pyridine rings is 1. The smallest absolute Gasteiger partial charge is 0.235 e. The molecule has 13 heavy (non-hydrogen) atoms. The molecule has 0 aromatic carbocycles. The van der Waals surface area contributed by atoms with Gasteiger partial charge < -0.3 is 0 Å². The Morgan fingerprint density at radius 3 is 2.00 bits per heavy atom. The molecule has 0 aliphatic carbocycles. The van der Waals surface area contributed by atoms with Crippen molar-refractivity contribution in [3.63, 3.8) is 0 Å². The molecular formula is C8H13N2O2S+. The molecule has 0 aliphatic heterocycles. The summed E-state index contributed by atoms with van der Waals surface area (Å²) in [5.74, 6) is 0. The predicted octanol–water partition coefficient (Wildman–Crippen LogP) is -0.672. The summed E-state index contributed by atoms with van der Waals surface area (Å²) in [5, 5.41) is 0.972. The average molecular weight is 201 g/mol. The fraction of sp³-hybridized carbons (Fsp3) is 0.375. The number of hydrogen-bond acceptors (Lipinski definition) is 2. The van der Waals surface area contributed by atoms with Crippen molar-refractivity contribution in [2.75, 3.05) is 20.4 Å². The molecule has 0 bridgehead atoms. The standard InChI is InChI=1S/C8H13N2O2S/c1-9(2)8-4-6-10(7-5-8)13(3,11)12/h4-7H,1-3H3/q+1. The van der Waals surface area contributed by atoms with Gasteiger partial charge in [-0.15, -0.1) is 0 Å². The zero-order valence-electron chi connectivity index (χ0n) is 7.93. The van der Waals surface area contributed by atoms with Gasteiger partial charge in [0.2, 0.25) is 15.4 Å². The van der Waals surface area contributed by atoms with Gasteiger partial charge in [-0.25, -0.2) is 13.0 Å². The fourth-order valence-electron chi connectivity index (χ4n) is 0.924. The lowest BCUT2D eigenvalue weighted by molar-refractivity contribution is 0.593. The highest BCUT2D eigenvalue weighted by Crippen LogP contribution is 1.89. The van der Waals surface area contributed by atoms with Crippen LogP contribution >= 0.6 is 0 Å². The van der Waals surface area contributed by atoms with Crippen LogP contribution in [-0.2, 0) is 10.0 Å². The molecule has 0 N–H and O–H groups in total. The maximum absolute atomic E-state index is 11.1. The number of rotatable bonds is 1. The lowest BCUT2D eigenvalue weighted by Gasteiger charge is -2.00. The second-order valence-corrected chi connectivity index (χ2v) is 4.93. The van der Waals surface area contributed by atoms with E-state index in [1.165, 1.54) is 22.6 Å². The van der Waals surface area contributed by atoms with Gasteiger partial charge in [-0.05, 0) is 0 Å². The van der Waals surface area contributed by atoms with Crippen LogP contribution in [0.4, 0.5) is 0 Å². The van der Waals surface area contributed by atoms with Crippen molar-refractivity contribution in [3.05, 3.63) is 29.9 Å². The maximum atomic E-state index is 11.1. The largest absolute Gasteiger partial charge is 0.253 e. The molecule has 5 heteroatoms. The van der Waals surface area contributed by atoms with Gasteiger partial charge in [0.25, 0.3) is 0 Å². The summed E-state index contributed by atoms with van der Waals surface area (Å²) in [5.41, 5.74) is 0. The highest BCUT2D eigenvalue weighted by Gasteiger charge is 2.01. The van der Waals surface area contributed by atoms with Crippen molar-refractivity contribution in [1.82, 2.24) is 8.55 Å². The van der Waals surface area contributed by atoms with Crippen LogP contribution in [0.1, 0.15) is 0 Å². The van der Waals surface area contributed by atoms with E-state index in [4.69, 9.17) is 0 Å². The molecule has 0 fully saturated rings. The van der Waals surface area contributed by atoms with Crippen molar-refractivity contribution in [2.24, 2.45) is 0 Å². The Morgan fingerprint density at radius 2 is 1.69 bits per heavy atom. The summed E-state index contributed by atoms with van der Waals surface area (Å²) in [7, 11) is 0.659. The summed E-state index contributed by atoms with van der Waals surface area (Å²) >= 11 is 0. The number of nitrogens with zero attached hydrogens (tertiary/aromatic N) is 2. The molecule has 0 radical (unpaired) electrons. The first-order chi connectivity index (χ1) is 5.91. The minimum absolute atomic E-state index is 0.972. The fourth-order valence-corrected chi connectivity index (χ4v) is 1.49. The van der Waals surface area contributed by atoms with Gasteiger partial charge in [0.05, 0.1) is 6.26 Å². The van der Waals surface area contributed by atoms with Crippen LogP contribution in [0.3, 0.4) is 0 Å². The number of hydrogen-bond donors (Lipinski definition) is 0. The molecule has 1 heterocycles. The maximum Gasteiger partial charge on any atom is 0.235 e. The van der Waals surface area contributed by atoms with Crippen molar-refractivity contribution in [2.45, 2.75) is 0 Å². The van der Waals surface area contributed by atoms with Gasteiger partial charge in [-0.2, -0.15) is 0 Å². The van der Waals surface area contributed by atoms with Crippen LogP contribution in [0.2, 0.25) is 0 Å². The third-order valence-electron chi connectivity index (χ3n) is 1.68. The van der Waals surface area contributed by atoms with Crippen LogP contribution in [0.5, 0.6) is 0 Å². The molecule has 0 saturated heterocycles.